The Hall–Kier alpha value is -1.44. The number of hydrogen-bond acceptors (Lipinski definition) is 3. The lowest BCUT2D eigenvalue weighted by atomic mass is 10.0. The zero-order chi connectivity index (χ0) is 13.0. The number of aliphatic carboxylic acids is 1. The van der Waals surface area contributed by atoms with Gasteiger partial charge >= 0.3 is 12.0 Å². The molecule has 2 atom stereocenters. The van der Waals surface area contributed by atoms with Crippen molar-refractivity contribution in [3.8, 4) is 0 Å². The quantitative estimate of drug-likeness (QED) is 0.737. The average Bonchev–Trinajstić information content (AvgIpc) is 2.73. The fourth-order valence-electron chi connectivity index (χ4n) is 1.60. The van der Waals surface area contributed by atoms with E-state index in [1.807, 2.05) is 5.32 Å². The number of hydrogen-bond donors (Lipinski definition) is 2. The molecule has 0 saturated carbocycles. The molecule has 6 nitrogen and oxygen atoms in total. The molecule has 0 spiro atoms. The normalized spacial score (nSPS) is 23.8. The van der Waals surface area contributed by atoms with Crippen LogP contribution in [-0.2, 0) is 9.53 Å². The molecule has 1 saturated heterocycles. The first-order chi connectivity index (χ1) is 7.93. The highest BCUT2D eigenvalue weighted by atomic mass is 19.3. The number of rotatable bonds is 4. The summed E-state index contributed by atoms with van der Waals surface area (Å²) in [5.74, 6) is -1.89. The van der Waals surface area contributed by atoms with Gasteiger partial charge in [-0.25, -0.2) is 13.6 Å². The van der Waals surface area contributed by atoms with Gasteiger partial charge in [0.2, 0.25) is 0 Å². The van der Waals surface area contributed by atoms with Gasteiger partial charge in [-0.05, 0) is 0 Å². The van der Waals surface area contributed by atoms with Crippen molar-refractivity contribution in [2.24, 2.45) is 5.92 Å². The maximum atomic E-state index is 11.9. The molecule has 1 aliphatic heterocycles. The van der Waals surface area contributed by atoms with Crippen molar-refractivity contribution >= 4 is 12.0 Å². The van der Waals surface area contributed by atoms with Crippen LogP contribution in [0.3, 0.4) is 0 Å². The Kier molecular flexibility index (Phi) is 4.62. The summed E-state index contributed by atoms with van der Waals surface area (Å²) in [7, 11) is 1.36. The van der Waals surface area contributed by atoms with E-state index in [-0.39, 0.29) is 13.2 Å². The van der Waals surface area contributed by atoms with Crippen molar-refractivity contribution in [2.45, 2.75) is 12.5 Å². The number of urea groups is 1. The summed E-state index contributed by atoms with van der Waals surface area (Å²) < 4.78 is 28.8. The van der Waals surface area contributed by atoms with E-state index in [4.69, 9.17) is 9.84 Å². The molecule has 2 N–H and O–H groups in total. The third kappa shape index (κ3) is 3.52. The Morgan fingerprint density at radius 3 is 2.71 bits per heavy atom. The van der Waals surface area contributed by atoms with Gasteiger partial charge in [-0.15, -0.1) is 0 Å². The highest BCUT2D eigenvalue weighted by molar-refractivity contribution is 5.77. The van der Waals surface area contributed by atoms with Crippen LogP contribution in [0.25, 0.3) is 0 Å². The van der Waals surface area contributed by atoms with E-state index in [9.17, 15) is 18.4 Å². The van der Waals surface area contributed by atoms with Crippen molar-refractivity contribution in [3.63, 3.8) is 0 Å². The van der Waals surface area contributed by atoms with Gasteiger partial charge in [0.05, 0.1) is 25.8 Å². The van der Waals surface area contributed by atoms with Gasteiger partial charge in [-0.1, -0.05) is 0 Å². The summed E-state index contributed by atoms with van der Waals surface area (Å²) in [6.07, 6.45) is -2.64. The van der Waals surface area contributed by atoms with Crippen molar-refractivity contribution in [3.05, 3.63) is 0 Å². The third-order valence-corrected chi connectivity index (χ3v) is 2.59. The molecule has 2 amide bonds. The fraction of sp³-hybridized carbons (Fsp3) is 0.778. The minimum Gasteiger partial charge on any atom is -0.481 e. The molecule has 0 aromatic rings. The Bertz CT molecular complexity index is 301. The van der Waals surface area contributed by atoms with Gasteiger partial charge in [-0.2, -0.15) is 0 Å². The highest BCUT2D eigenvalue weighted by Crippen LogP contribution is 2.18. The predicted octanol–water partition coefficient (Wildman–Crippen LogP) is -0.00750. The molecule has 1 heterocycles. The van der Waals surface area contributed by atoms with Crippen LogP contribution in [-0.4, -0.2) is 61.3 Å². The minimum absolute atomic E-state index is 0.0203. The maximum Gasteiger partial charge on any atom is 0.317 e. The van der Waals surface area contributed by atoms with E-state index in [0.717, 1.165) is 4.90 Å². The van der Waals surface area contributed by atoms with Crippen molar-refractivity contribution in [1.29, 1.82) is 0 Å². The topological polar surface area (TPSA) is 78.9 Å². The monoisotopic (exact) mass is 252 g/mol. The third-order valence-electron chi connectivity index (χ3n) is 2.59. The molecule has 0 aliphatic carbocycles. The molecule has 17 heavy (non-hydrogen) atoms. The minimum atomic E-state index is -2.64. The number of nitrogens with zero attached hydrogens (tertiary/aromatic N) is 1. The van der Waals surface area contributed by atoms with Crippen LogP contribution in [0.15, 0.2) is 0 Å². The summed E-state index contributed by atoms with van der Waals surface area (Å²) >= 11 is 0. The molecular weight excluding hydrogens is 238 g/mol. The van der Waals surface area contributed by atoms with Crippen molar-refractivity contribution in [2.75, 3.05) is 26.8 Å². The second-order valence-corrected chi connectivity index (χ2v) is 3.74. The largest absolute Gasteiger partial charge is 0.481 e. The molecule has 0 radical (unpaired) electrons. The van der Waals surface area contributed by atoms with E-state index in [2.05, 4.69) is 0 Å². The number of carbonyl (C=O) groups is 2. The summed E-state index contributed by atoms with van der Waals surface area (Å²) in [5, 5.41) is 10.9. The lowest BCUT2D eigenvalue weighted by Crippen LogP contribution is -2.49. The molecule has 1 rings (SSSR count). The number of carboxylic acids is 1. The van der Waals surface area contributed by atoms with Crippen LogP contribution in [0.2, 0.25) is 0 Å². The zero-order valence-electron chi connectivity index (χ0n) is 9.23. The van der Waals surface area contributed by atoms with E-state index in [1.54, 1.807) is 0 Å². The number of alkyl halides is 2. The Morgan fingerprint density at radius 2 is 2.18 bits per heavy atom. The van der Waals surface area contributed by atoms with Gasteiger partial charge in [0.15, 0.2) is 0 Å². The van der Waals surface area contributed by atoms with Gasteiger partial charge in [-0.3, -0.25) is 4.79 Å². The highest BCUT2D eigenvalue weighted by Gasteiger charge is 2.38. The Balaban J connectivity index is 2.53. The van der Waals surface area contributed by atoms with E-state index >= 15 is 0 Å². The summed E-state index contributed by atoms with van der Waals surface area (Å²) in [6.45, 7) is -0.642. The van der Waals surface area contributed by atoms with Crippen molar-refractivity contribution in [1.82, 2.24) is 10.2 Å². The number of amides is 2. The van der Waals surface area contributed by atoms with E-state index in [0.29, 0.717) is 0 Å². The van der Waals surface area contributed by atoms with Gasteiger partial charge in [0.25, 0.3) is 6.43 Å². The number of carboxylic acid groups (broad SMARTS) is 1. The number of nitrogens with one attached hydrogen (secondary N) is 1. The van der Waals surface area contributed by atoms with Gasteiger partial charge in [0.1, 0.15) is 5.92 Å². The standard InChI is InChI=1S/C9H14F2N2O4/c1-13(9(16)12-2-7(10)11)6-4-17-3-5(6)8(14)15/h5-7H,2-4H2,1H3,(H,12,16)(H,14,15). The first kappa shape index (κ1) is 13.6. The lowest BCUT2D eigenvalue weighted by Gasteiger charge is -2.26. The average molecular weight is 252 g/mol. The molecule has 2 unspecified atom stereocenters. The summed E-state index contributed by atoms with van der Waals surface area (Å²) in [4.78, 5) is 23.4. The summed E-state index contributed by atoms with van der Waals surface area (Å²) in [5.41, 5.74) is 0. The molecule has 1 aliphatic rings. The predicted molar refractivity (Wildman–Crippen MR) is 52.9 cm³/mol. The number of ether oxygens (including phenoxy) is 1. The number of carbonyl (C=O) groups excluding carboxylic acids is 1. The molecule has 0 bridgehead atoms. The molecular formula is C9H14F2N2O4. The maximum absolute atomic E-state index is 11.9. The zero-order valence-corrected chi connectivity index (χ0v) is 9.23. The second-order valence-electron chi connectivity index (χ2n) is 3.74. The molecule has 0 aromatic heterocycles. The molecule has 98 valence electrons. The molecule has 0 aromatic carbocycles. The number of likely N-dealkylation sites (N-methyl/N-ethyl adjacent to an activating group) is 1. The summed E-state index contributed by atoms with van der Waals surface area (Å²) in [6, 6.07) is -1.36. The van der Waals surface area contributed by atoms with E-state index in [1.165, 1.54) is 7.05 Å². The smallest absolute Gasteiger partial charge is 0.317 e. The van der Waals surface area contributed by atoms with Crippen LogP contribution in [0.4, 0.5) is 13.6 Å². The van der Waals surface area contributed by atoms with Crippen molar-refractivity contribution < 1.29 is 28.2 Å². The lowest BCUT2D eigenvalue weighted by molar-refractivity contribution is -0.142. The van der Waals surface area contributed by atoms with Crippen LogP contribution in [0, 0.1) is 5.92 Å². The number of halogens is 2. The van der Waals surface area contributed by atoms with Gasteiger partial charge < -0.3 is 20.1 Å². The first-order valence-electron chi connectivity index (χ1n) is 5.02. The molecule has 1 fully saturated rings. The Morgan fingerprint density at radius 1 is 1.53 bits per heavy atom. The van der Waals surface area contributed by atoms with Gasteiger partial charge in [0, 0.05) is 7.05 Å². The molecule has 8 heteroatoms. The first-order valence-corrected chi connectivity index (χ1v) is 5.02. The SMILES string of the molecule is CN(C(=O)NCC(F)F)C1COCC1C(=O)O. The van der Waals surface area contributed by atoms with E-state index < -0.39 is 36.9 Å². The van der Waals surface area contributed by atoms with Crippen LogP contribution >= 0.6 is 0 Å². The fourth-order valence-corrected chi connectivity index (χ4v) is 1.60. The van der Waals surface area contributed by atoms with Crippen LogP contribution in [0.5, 0.6) is 0 Å². The van der Waals surface area contributed by atoms with Crippen LogP contribution in [0.1, 0.15) is 0 Å². The second kappa shape index (κ2) is 5.76. The van der Waals surface area contributed by atoms with Crippen LogP contribution < -0.4 is 5.32 Å². The Labute approximate surface area is 96.5 Å².